The molecule has 0 amide bonds. The Morgan fingerprint density at radius 3 is 2.50 bits per heavy atom. The van der Waals surface area contributed by atoms with Gasteiger partial charge in [0.2, 0.25) is 10.0 Å². The Morgan fingerprint density at radius 2 is 2.05 bits per heavy atom. The van der Waals surface area contributed by atoms with Gasteiger partial charge in [-0.15, -0.1) is 0 Å². The molecule has 1 aromatic carbocycles. The highest BCUT2D eigenvalue weighted by atomic mass is 32.2. The van der Waals surface area contributed by atoms with Crippen molar-refractivity contribution in [1.82, 2.24) is 4.31 Å². The summed E-state index contributed by atoms with van der Waals surface area (Å²) in [7, 11) is -3.76. The highest BCUT2D eigenvalue weighted by molar-refractivity contribution is 7.89. The number of sulfonamides is 1. The second-order valence-electron chi connectivity index (χ2n) is 4.55. The lowest BCUT2D eigenvalue weighted by molar-refractivity contribution is -0.385. The maximum Gasteiger partial charge on any atom is 0.273 e. The van der Waals surface area contributed by atoms with E-state index in [9.17, 15) is 18.5 Å². The number of benzene rings is 1. The van der Waals surface area contributed by atoms with Crippen molar-refractivity contribution in [3.05, 3.63) is 46.0 Å². The SMILES string of the molecule is C=C(C)CN(CC)S(=O)(=O)c1cccc([N+](=O)[O-])c1C. The van der Waals surface area contributed by atoms with E-state index < -0.39 is 14.9 Å². The van der Waals surface area contributed by atoms with Crippen molar-refractivity contribution in [1.29, 1.82) is 0 Å². The summed E-state index contributed by atoms with van der Waals surface area (Å²) < 4.78 is 26.4. The maximum absolute atomic E-state index is 12.6. The van der Waals surface area contributed by atoms with Crippen LogP contribution >= 0.6 is 0 Å². The standard InChI is InChI=1S/C13H18N2O4S/c1-5-14(9-10(2)3)20(18,19)13-8-6-7-12(11(13)4)15(16)17/h6-8H,2,5,9H2,1,3-4H3. The van der Waals surface area contributed by atoms with Gasteiger partial charge >= 0.3 is 0 Å². The minimum atomic E-state index is -3.76. The van der Waals surface area contributed by atoms with E-state index in [0.717, 1.165) is 0 Å². The minimum Gasteiger partial charge on any atom is -0.258 e. The van der Waals surface area contributed by atoms with Crippen molar-refractivity contribution in [3.8, 4) is 0 Å². The van der Waals surface area contributed by atoms with Gasteiger partial charge in [-0.05, 0) is 19.9 Å². The van der Waals surface area contributed by atoms with Crippen LogP contribution in [-0.2, 0) is 10.0 Å². The van der Waals surface area contributed by atoms with E-state index in [1.54, 1.807) is 13.8 Å². The lowest BCUT2D eigenvalue weighted by Crippen LogP contribution is -2.32. The molecule has 0 aromatic heterocycles. The predicted octanol–water partition coefficient (Wildman–Crippen LogP) is 2.49. The number of rotatable bonds is 6. The third-order valence-corrected chi connectivity index (χ3v) is 4.93. The van der Waals surface area contributed by atoms with Crippen LogP contribution in [0.25, 0.3) is 0 Å². The summed E-state index contributed by atoms with van der Waals surface area (Å²) in [5, 5.41) is 10.9. The second kappa shape index (κ2) is 6.15. The molecule has 0 aliphatic carbocycles. The van der Waals surface area contributed by atoms with Crippen molar-refractivity contribution >= 4 is 15.7 Å². The van der Waals surface area contributed by atoms with Gasteiger partial charge in [0.25, 0.3) is 5.69 Å². The molecule has 6 nitrogen and oxygen atoms in total. The lowest BCUT2D eigenvalue weighted by Gasteiger charge is -2.21. The molecule has 0 saturated carbocycles. The third kappa shape index (κ3) is 3.23. The zero-order chi connectivity index (χ0) is 15.5. The molecular formula is C13H18N2O4S. The van der Waals surface area contributed by atoms with Crippen LogP contribution in [0.2, 0.25) is 0 Å². The van der Waals surface area contributed by atoms with Crippen LogP contribution in [0, 0.1) is 17.0 Å². The molecule has 0 atom stereocenters. The number of nitro groups is 1. The van der Waals surface area contributed by atoms with Gasteiger partial charge in [-0.1, -0.05) is 25.1 Å². The molecule has 0 bridgehead atoms. The van der Waals surface area contributed by atoms with E-state index in [2.05, 4.69) is 6.58 Å². The van der Waals surface area contributed by atoms with Gasteiger partial charge in [-0.2, -0.15) is 4.31 Å². The summed E-state index contributed by atoms with van der Waals surface area (Å²) in [6.07, 6.45) is 0. The van der Waals surface area contributed by atoms with Gasteiger partial charge in [0, 0.05) is 24.7 Å². The second-order valence-corrected chi connectivity index (χ2v) is 6.45. The zero-order valence-corrected chi connectivity index (χ0v) is 12.6. The molecule has 110 valence electrons. The van der Waals surface area contributed by atoms with E-state index in [1.807, 2.05) is 0 Å². The predicted molar refractivity (Wildman–Crippen MR) is 77.1 cm³/mol. The van der Waals surface area contributed by atoms with Gasteiger partial charge < -0.3 is 0 Å². The number of likely N-dealkylation sites (N-methyl/N-ethyl adjacent to an activating group) is 1. The molecule has 0 aliphatic rings. The van der Waals surface area contributed by atoms with Crippen molar-refractivity contribution < 1.29 is 13.3 Å². The van der Waals surface area contributed by atoms with Crippen molar-refractivity contribution in [2.45, 2.75) is 25.7 Å². The van der Waals surface area contributed by atoms with E-state index in [1.165, 1.54) is 29.4 Å². The largest absolute Gasteiger partial charge is 0.273 e. The normalized spacial score (nSPS) is 11.6. The quantitative estimate of drug-likeness (QED) is 0.459. The Hall–Kier alpha value is -1.73. The molecule has 0 aliphatic heterocycles. The summed E-state index contributed by atoms with van der Waals surface area (Å²) >= 11 is 0. The van der Waals surface area contributed by atoms with Crippen molar-refractivity contribution in [2.24, 2.45) is 0 Å². The monoisotopic (exact) mass is 298 g/mol. The molecule has 1 aromatic rings. The first kappa shape index (κ1) is 16.3. The Morgan fingerprint density at radius 1 is 1.45 bits per heavy atom. The van der Waals surface area contributed by atoms with Crippen molar-refractivity contribution in [2.75, 3.05) is 13.1 Å². The first-order valence-corrected chi connectivity index (χ1v) is 7.54. The Balaban J connectivity index is 3.38. The van der Waals surface area contributed by atoms with Crippen LogP contribution in [0.3, 0.4) is 0 Å². The number of nitro benzene ring substituents is 1. The Kier molecular flexibility index (Phi) is 5.02. The summed E-state index contributed by atoms with van der Waals surface area (Å²) in [6.45, 7) is 9.07. The molecule has 0 unspecified atom stereocenters. The number of hydrogen-bond acceptors (Lipinski definition) is 4. The van der Waals surface area contributed by atoms with Gasteiger partial charge in [-0.25, -0.2) is 8.42 Å². The molecule has 1 rings (SSSR count). The van der Waals surface area contributed by atoms with E-state index in [-0.39, 0.29) is 29.2 Å². The number of hydrogen-bond donors (Lipinski definition) is 0. The summed E-state index contributed by atoms with van der Waals surface area (Å²) in [5.41, 5.74) is 0.661. The molecule has 20 heavy (non-hydrogen) atoms. The molecule has 0 saturated heterocycles. The highest BCUT2D eigenvalue weighted by Crippen LogP contribution is 2.27. The van der Waals surface area contributed by atoms with Crippen LogP contribution in [0.5, 0.6) is 0 Å². The van der Waals surface area contributed by atoms with Gasteiger partial charge in [0.05, 0.1) is 9.82 Å². The van der Waals surface area contributed by atoms with Gasteiger partial charge in [0.1, 0.15) is 0 Å². The average Bonchev–Trinajstić information content (AvgIpc) is 2.35. The molecule has 0 radical (unpaired) electrons. The average molecular weight is 298 g/mol. The molecule has 0 N–H and O–H groups in total. The molecule has 0 spiro atoms. The van der Waals surface area contributed by atoms with Crippen LogP contribution in [0.1, 0.15) is 19.4 Å². The van der Waals surface area contributed by atoms with Crippen LogP contribution in [0.15, 0.2) is 35.2 Å². The van der Waals surface area contributed by atoms with Crippen LogP contribution in [-0.4, -0.2) is 30.7 Å². The Labute approximate surface area is 118 Å². The highest BCUT2D eigenvalue weighted by Gasteiger charge is 2.27. The molecule has 0 fully saturated rings. The van der Waals surface area contributed by atoms with E-state index in [0.29, 0.717) is 5.57 Å². The summed E-state index contributed by atoms with van der Waals surface area (Å²) in [6, 6.07) is 4.06. The fraction of sp³-hybridized carbons (Fsp3) is 0.385. The first-order chi connectivity index (χ1) is 9.21. The minimum absolute atomic E-state index is 0.0326. The van der Waals surface area contributed by atoms with Crippen LogP contribution < -0.4 is 0 Å². The van der Waals surface area contributed by atoms with Gasteiger partial charge in [-0.3, -0.25) is 10.1 Å². The lowest BCUT2D eigenvalue weighted by atomic mass is 10.2. The third-order valence-electron chi connectivity index (χ3n) is 2.87. The van der Waals surface area contributed by atoms with Gasteiger partial charge in [0.15, 0.2) is 0 Å². The smallest absolute Gasteiger partial charge is 0.258 e. The van der Waals surface area contributed by atoms with E-state index in [4.69, 9.17) is 0 Å². The maximum atomic E-state index is 12.6. The summed E-state index contributed by atoms with van der Waals surface area (Å²) in [5.74, 6) is 0. The molecule has 0 heterocycles. The summed E-state index contributed by atoms with van der Waals surface area (Å²) in [4.78, 5) is 10.3. The fourth-order valence-electron chi connectivity index (χ4n) is 1.89. The van der Waals surface area contributed by atoms with Crippen LogP contribution in [0.4, 0.5) is 5.69 Å². The number of nitrogens with zero attached hydrogens (tertiary/aromatic N) is 2. The zero-order valence-electron chi connectivity index (χ0n) is 11.8. The molecular weight excluding hydrogens is 280 g/mol. The Bertz CT molecular complexity index is 638. The first-order valence-electron chi connectivity index (χ1n) is 6.10. The topological polar surface area (TPSA) is 80.5 Å². The van der Waals surface area contributed by atoms with Crippen molar-refractivity contribution in [3.63, 3.8) is 0 Å². The molecule has 7 heteroatoms. The fourth-order valence-corrected chi connectivity index (χ4v) is 3.64. The van der Waals surface area contributed by atoms with E-state index >= 15 is 0 Å².